The van der Waals surface area contributed by atoms with Gasteiger partial charge in [0.05, 0.1) is 6.20 Å². The van der Waals surface area contributed by atoms with Gasteiger partial charge in [0.1, 0.15) is 11.6 Å². The SMILES string of the molecule is Nc1cc(Oc2cccnc2)n[nH]1. The Bertz CT molecular complexity index is 384. The number of hydrogen-bond donors (Lipinski definition) is 2. The summed E-state index contributed by atoms with van der Waals surface area (Å²) in [4.78, 5) is 3.89. The molecule has 0 aliphatic rings. The number of H-pyrrole nitrogens is 1. The van der Waals surface area contributed by atoms with Gasteiger partial charge in [-0.25, -0.2) is 0 Å². The Morgan fingerprint density at radius 1 is 1.46 bits per heavy atom. The third-order valence-corrected chi connectivity index (χ3v) is 1.43. The van der Waals surface area contributed by atoms with E-state index in [1.165, 1.54) is 0 Å². The van der Waals surface area contributed by atoms with Crippen LogP contribution in [0.25, 0.3) is 0 Å². The molecule has 0 bridgehead atoms. The van der Waals surface area contributed by atoms with Gasteiger partial charge in [-0.05, 0) is 12.1 Å². The van der Waals surface area contributed by atoms with Crippen LogP contribution in [0.3, 0.4) is 0 Å². The topological polar surface area (TPSA) is 76.8 Å². The highest BCUT2D eigenvalue weighted by molar-refractivity contribution is 5.34. The Morgan fingerprint density at radius 2 is 2.38 bits per heavy atom. The number of nitrogens with one attached hydrogen (secondary N) is 1. The predicted molar refractivity (Wildman–Crippen MR) is 47.3 cm³/mol. The van der Waals surface area contributed by atoms with E-state index in [1.807, 2.05) is 0 Å². The second kappa shape index (κ2) is 3.14. The third kappa shape index (κ3) is 1.76. The van der Waals surface area contributed by atoms with Crippen molar-refractivity contribution in [2.24, 2.45) is 0 Å². The summed E-state index contributed by atoms with van der Waals surface area (Å²) in [5, 5.41) is 6.38. The molecule has 2 heterocycles. The molecule has 2 rings (SSSR count). The number of rotatable bonds is 2. The summed E-state index contributed by atoms with van der Waals surface area (Å²) >= 11 is 0. The van der Waals surface area contributed by atoms with Gasteiger partial charge >= 0.3 is 0 Å². The van der Waals surface area contributed by atoms with E-state index in [4.69, 9.17) is 10.5 Å². The standard InChI is InChI=1S/C8H8N4O/c9-7-4-8(12-11-7)13-6-2-1-3-10-5-6/h1-5H,(H3,9,11,12). The Balaban J connectivity index is 2.15. The number of hydrogen-bond acceptors (Lipinski definition) is 4. The first-order valence-corrected chi connectivity index (χ1v) is 3.73. The molecule has 2 aromatic rings. The van der Waals surface area contributed by atoms with Gasteiger partial charge in [-0.15, -0.1) is 5.10 Å². The van der Waals surface area contributed by atoms with Crippen molar-refractivity contribution in [3.05, 3.63) is 30.6 Å². The van der Waals surface area contributed by atoms with E-state index in [1.54, 1.807) is 30.6 Å². The summed E-state index contributed by atoms with van der Waals surface area (Å²) in [6.45, 7) is 0. The van der Waals surface area contributed by atoms with Crippen molar-refractivity contribution >= 4 is 5.82 Å². The molecule has 2 aromatic heterocycles. The zero-order valence-electron chi connectivity index (χ0n) is 6.77. The summed E-state index contributed by atoms with van der Waals surface area (Å²) in [6, 6.07) is 5.18. The average Bonchev–Trinajstić information content (AvgIpc) is 2.53. The number of nitrogen functional groups attached to an aromatic ring is 1. The minimum absolute atomic E-state index is 0.436. The average molecular weight is 176 g/mol. The van der Waals surface area contributed by atoms with Crippen LogP contribution in [0, 0.1) is 0 Å². The minimum Gasteiger partial charge on any atom is -0.436 e. The van der Waals surface area contributed by atoms with Crippen LogP contribution in [0.2, 0.25) is 0 Å². The molecule has 5 nitrogen and oxygen atoms in total. The van der Waals surface area contributed by atoms with Crippen molar-refractivity contribution < 1.29 is 4.74 Å². The first-order valence-electron chi connectivity index (χ1n) is 3.73. The highest BCUT2D eigenvalue weighted by Crippen LogP contribution is 2.18. The molecule has 0 aromatic carbocycles. The Hall–Kier alpha value is -2.04. The van der Waals surface area contributed by atoms with Crippen LogP contribution >= 0.6 is 0 Å². The fraction of sp³-hybridized carbons (Fsp3) is 0. The lowest BCUT2D eigenvalue weighted by Crippen LogP contribution is -1.84. The van der Waals surface area contributed by atoms with Crippen LogP contribution in [0.1, 0.15) is 0 Å². The highest BCUT2D eigenvalue weighted by atomic mass is 16.5. The van der Waals surface area contributed by atoms with Crippen LogP contribution in [0.15, 0.2) is 30.6 Å². The molecule has 0 saturated carbocycles. The van der Waals surface area contributed by atoms with E-state index in [9.17, 15) is 0 Å². The maximum Gasteiger partial charge on any atom is 0.240 e. The van der Waals surface area contributed by atoms with E-state index in [0.29, 0.717) is 17.4 Å². The van der Waals surface area contributed by atoms with Gasteiger partial charge in [0.2, 0.25) is 5.88 Å². The molecule has 0 saturated heterocycles. The van der Waals surface area contributed by atoms with Crippen molar-refractivity contribution in [2.45, 2.75) is 0 Å². The molecule has 0 aliphatic heterocycles. The van der Waals surface area contributed by atoms with Gasteiger partial charge in [-0.2, -0.15) is 0 Å². The van der Waals surface area contributed by atoms with Gasteiger partial charge in [0, 0.05) is 12.3 Å². The fourth-order valence-corrected chi connectivity index (χ4v) is 0.898. The molecule has 0 spiro atoms. The van der Waals surface area contributed by atoms with Gasteiger partial charge in [0.25, 0.3) is 0 Å². The summed E-state index contributed by atoms with van der Waals surface area (Å²) in [5.74, 6) is 1.54. The van der Waals surface area contributed by atoms with Crippen molar-refractivity contribution in [3.8, 4) is 11.6 Å². The van der Waals surface area contributed by atoms with Crippen LogP contribution in [-0.2, 0) is 0 Å². The lowest BCUT2D eigenvalue weighted by Gasteiger charge is -1.98. The number of nitrogens with zero attached hydrogens (tertiary/aromatic N) is 2. The van der Waals surface area contributed by atoms with E-state index < -0.39 is 0 Å². The molecule has 13 heavy (non-hydrogen) atoms. The van der Waals surface area contributed by atoms with Crippen molar-refractivity contribution in [1.82, 2.24) is 15.2 Å². The maximum atomic E-state index is 5.42. The molecular weight excluding hydrogens is 168 g/mol. The normalized spacial score (nSPS) is 9.85. The third-order valence-electron chi connectivity index (χ3n) is 1.43. The molecule has 0 radical (unpaired) electrons. The first-order chi connectivity index (χ1) is 6.34. The van der Waals surface area contributed by atoms with Crippen molar-refractivity contribution in [1.29, 1.82) is 0 Å². The van der Waals surface area contributed by atoms with Gasteiger partial charge in [0.15, 0.2) is 0 Å². The first kappa shape index (κ1) is 7.60. The Morgan fingerprint density at radius 3 is 3.00 bits per heavy atom. The number of ether oxygens (including phenoxy) is 1. The van der Waals surface area contributed by atoms with Gasteiger partial charge in [-0.1, -0.05) is 0 Å². The smallest absolute Gasteiger partial charge is 0.240 e. The second-order valence-electron chi connectivity index (χ2n) is 2.45. The fourth-order valence-electron chi connectivity index (χ4n) is 0.898. The number of pyridine rings is 1. The maximum absolute atomic E-state index is 5.42. The van der Waals surface area contributed by atoms with E-state index in [0.717, 1.165) is 0 Å². The zero-order valence-corrected chi connectivity index (χ0v) is 6.77. The number of aromatic amines is 1. The summed E-state index contributed by atoms with van der Waals surface area (Å²) in [5.41, 5.74) is 5.42. The van der Waals surface area contributed by atoms with Crippen molar-refractivity contribution in [3.63, 3.8) is 0 Å². The van der Waals surface area contributed by atoms with Crippen LogP contribution < -0.4 is 10.5 Å². The lowest BCUT2D eigenvalue weighted by atomic mass is 10.5. The molecule has 66 valence electrons. The Kier molecular flexibility index (Phi) is 1.84. The van der Waals surface area contributed by atoms with Crippen LogP contribution in [0.5, 0.6) is 11.6 Å². The molecule has 0 fully saturated rings. The van der Waals surface area contributed by atoms with Gasteiger partial charge in [-0.3, -0.25) is 10.1 Å². The summed E-state index contributed by atoms with van der Waals surface area (Å²) < 4.78 is 5.31. The molecular formula is C8H8N4O. The largest absolute Gasteiger partial charge is 0.436 e. The Labute approximate surface area is 74.6 Å². The number of nitrogens with two attached hydrogens (primary N) is 1. The predicted octanol–water partition coefficient (Wildman–Crippen LogP) is 1.18. The van der Waals surface area contributed by atoms with Gasteiger partial charge < -0.3 is 10.5 Å². The van der Waals surface area contributed by atoms with E-state index in [-0.39, 0.29) is 0 Å². The summed E-state index contributed by atoms with van der Waals surface area (Å²) in [6.07, 6.45) is 3.27. The highest BCUT2D eigenvalue weighted by Gasteiger charge is 1.99. The number of anilines is 1. The molecule has 0 unspecified atom stereocenters. The number of aromatic nitrogens is 3. The molecule has 5 heteroatoms. The molecule has 3 N–H and O–H groups in total. The second-order valence-corrected chi connectivity index (χ2v) is 2.45. The molecule has 0 atom stereocenters. The monoisotopic (exact) mass is 176 g/mol. The zero-order chi connectivity index (χ0) is 9.10. The summed E-state index contributed by atoms with van der Waals surface area (Å²) in [7, 11) is 0. The lowest BCUT2D eigenvalue weighted by molar-refractivity contribution is 0.459. The molecule has 0 amide bonds. The van der Waals surface area contributed by atoms with Crippen LogP contribution in [-0.4, -0.2) is 15.2 Å². The van der Waals surface area contributed by atoms with E-state index in [2.05, 4.69) is 15.2 Å². The quantitative estimate of drug-likeness (QED) is 0.720. The minimum atomic E-state index is 0.436. The molecule has 0 aliphatic carbocycles. The van der Waals surface area contributed by atoms with E-state index >= 15 is 0 Å². The van der Waals surface area contributed by atoms with Crippen LogP contribution in [0.4, 0.5) is 5.82 Å². The van der Waals surface area contributed by atoms with Crippen molar-refractivity contribution in [2.75, 3.05) is 5.73 Å².